The topological polar surface area (TPSA) is 17.1 Å². The molecule has 16 heavy (non-hydrogen) atoms. The van der Waals surface area contributed by atoms with E-state index in [2.05, 4.69) is 38.5 Å². The summed E-state index contributed by atoms with van der Waals surface area (Å²) in [6.45, 7) is 0. The molecule has 5 heteroatoms. The zero-order valence-corrected chi connectivity index (χ0v) is 13.2. The third kappa shape index (κ3) is 2.50. The number of ketones is 1. The second-order valence-corrected chi connectivity index (χ2v) is 6.45. The van der Waals surface area contributed by atoms with E-state index >= 15 is 0 Å². The molecule has 0 amide bonds. The Kier molecular flexibility index (Phi) is 4.05. The van der Waals surface area contributed by atoms with E-state index in [1.165, 1.54) is 11.3 Å². The van der Waals surface area contributed by atoms with Crippen LogP contribution in [0, 0.1) is 3.57 Å². The van der Waals surface area contributed by atoms with Gasteiger partial charge in [0.15, 0.2) is 0 Å². The second-order valence-electron chi connectivity index (χ2n) is 3.05. The van der Waals surface area contributed by atoms with E-state index in [-0.39, 0.29) is 5.78 Å². The van der Waals surface area contributed by atoms with Crippen LogP contribution in [0.15, 0.2) is 34.1 Å². The van der Waals surface area contributed by atoms with Gasteiger partial charge in [-0.05, 0) is 52.2 Å². The fourth-order valence-electron chi connectivity index (χ4n) is 1.25. The van der Waals surface area contributed by atoms with Gasteiger partial charge in [0.1, 0.15) is 0 Å². The Morgan fingerprint density at radius 2 is 2.12 bits per heavy atom. The number of carbonyl (C=O) groups excluding carboxylic acids is 1. The number of hydrogen-bond acceptors (Lipinski definition) is 2. The van der Waals surface area contributed by atoms with E-state index in [4.69, 9.17) is 11.6 Å². The smallest absolute Gasteiger partial charge is 0.205 e. The van der Waals surface area contributed by atoms with Gasteiger partial charge < -0.3 is 0 Å². The molecule has 0 saturated heterocycles. The molecule has 1 nitrogen and oxygen atoms in total. The highest BCUT2D eigenvalue weighted by atomic mass is 127. The van der Waals surface area contributed by atoms with Gasteiger partial charge in [0.25, 0.3) is 0 Å². The number of benzene rings is 1. The molecule has 0 saturated carbocycles. The SMILES string of the molecule is O=C(c1cc(Br)ccc1I)c1sccc1Cl. The maximum Gasteiger partial charge on any atom is 0.205 e. The minimum Gasteiger partial charge on any atom is -0.288 e. The molecule has 1 aromatic heterocycles. The van der Waals surface area contributed by atoms with Crippen LogP contribution in [-0.4, -0.2) is 5.78 Å². The number of hydrogen-bond donors (Lipinski definition) is 0. The number of rotatable bonds is 2. The molecule has 0 aliphatic carbocycles. The molecule has 0 aliphatic heterocycles. The van der Waals surface area contributed by atoms with Gasteiger partial charge in [-0.1, -0.05) is 27.5 Å². The third-order valence-corrected chi connectivity index (χ3v) is 4.77. The predicted octanol–water partition coefficient (Wildman–Crippen LogP) is 5.00. The van der Waals surface area contributed by atoms with Crippen LogP contribution in [-0.2, 0) is 0 Å². The molecule has 0 aliphatic rings. The molecular formula is C11H5BrClIOS. The lowest BCUT2D eigenvalue weighted by molar-refractivity contribution is 0.104. The summed E-state index contributed by atoms with van der Waals surface area (Å²) < 4.78 is 1.82. The van der Waals surface area contributed by atoms with Crippen molar-refractivity contribution < 1.29 is 4.79 Å². The van der Waals surface area contributed by atoms with Crippen molar-refractivity contribution >= 4 is 67.2 Å². The summed E-state index contributed by atoms with van der Waals surface area (Å²) in [5.41, 5.74) is 0.680. The lowest BCUT2D eigenvalue weighted by Crippen LogP contribution is -2.02. The van der Waals surface area contributed by atoms with E-state index in [0.29, 0.717) is 15.5 Å². The van der Waals surface area contributed by atoms with E-state index < -0.39 is 0 Å². The summed E-state index contributed by atoms with van der Waals surface area (Å²) in [5.74, 6) is -0.0225. The van der Waals surface area contributed by atoms with Crippen molar-refractivity contribution in [1.29, 1.82) is 0 Å². The van der Waals surface area contributed by atoms with Crippen molar-refractivity contribution in [2.45, 2.75) is 0 Å². The van der Waals surface area contributed by atoms with Gasteiger partial charge in [0.2, 0.25) is 5.78 Å². The Hall–Kier alpha value is 0.0900. The normalized spacial score (nSPS) is 10.4. The van der Waals surface area contributed by atoms with Crippen LogP contribution in [0.4, 0.5) is 0 Å². The van der Waals surface area contributed by atoms with E-state index in [1.807, 2.05) is 23.6 Å². The molecule has 0 atom stereocenters. The number of carbonyl (C=O) groups is 1. The standard InChI is InChI=1S/C11H5BrClIOS/c12-6-1-2-9(14)7(5-6)10(15)11-8(13)3-4-16-11/h1-5H. The molecular weight excluding hydrogens is 422 g/mol. The monoisotopic (exact) mass is 426 g/mol. The van der Waals surface area contributed by atoms with Gasteiger partial charge >= 0.3 is 0 Å². The Balaban J connectivity index is 2.49. The van der Waals surface area contributed by atoms with Gasteiger partial charge in [0.05, 0.1) is 9.90 Å². The average molecular weight is 427 g/mol. The lowest BCUT2D eigenvalue weighted by Gasteiger charge is -2.03. The van der Waals surface area contributed by atoms with Crippen molar-refractivity contribution in [2.24, 2.45) is 0 Å². The number of halogens is 3. The molecule has 1 aromatic carbocycles. The Morgan fingerprint density at radius 3 is 2.75 bits per heavy atom. The van der Waals surface area contributed by atoms with Crippen molar-refractivity contribution in [2.75, 3.05) is 0 Å². The maximum atomic E-state index is 12.2. The minimum atomic E-state index is -0.0225. The third-order valence-electron chi connectivity index (χ3n) is 2.00. The van der Waals surface area contributed by atoms with Crippen LogP contribution in [0.1, 0.15) is 15.2 Å². The molecule has 0 radical (unpaired) electrons. The molecule has 2 rings (SSSR count). The summed E-state index contributed by atoms with van der Waals surface area (Å²) in [6, 6.07) is 7.37. The van der Waals surface area contributed by atoms with Gasteiger partial charge in [-0.2, -0.15) is 0 Å². The zero-order valence-electron chi connectivity index (χ0n) is 7.84. The molecule has 2 aromatic rings. The summed E-state index contributed by atoms with van der Waals surface area (Å²) in [7, 11) is 0. The minimum absolute atomic E-state index is 0.0225. The summed E-state index contributed by atoms with van der Waals surface area (Å²) >= 11 is 12.8. The van der Waals surface area contributed by atoms with Crippen LogP contribution in [0.3, 0.4) is 0 Å². The highest BCUT2D eigenvalue weighted by Crippen LogP contribution is 2.28. The van der Waals surface area contributed by atoms with Gasteiger partial charge in [0, 0.05) is 13.6 Å². The van der Waals surface area contributed by atoms with Crippen molar-refractivity contribution in [1.82, 2.24) is 0 Å². The lowest BCUT2D eigenvalue weighted by atomic mass is 10.1. The van der Waals surface area contributed by atoms with Crippen LogP contribution < -0.4 is 0 Å². The molecule has 1 heterocycles. The van der Waals surface area contributed by atoms with Gasteiger partial charge in [-0.3, -0.25) is 4.79 Å². The summed E-state index contributed by atoms with van der Waals surface area (Å²) in [5, 5.41) is 2.34. The maximum absolute atomic E-state index is 12.2. The van der Waals surface area contributed by atoms with E-state index in [1.54, 1.807) is 6.07 Å². The van der Waals surface area contributed by atoms with E-state index in [0.717, 1.165) is 8.04 Å². The first-order chi connectivity index (χ1) is 7.59. The molecule has 0 fully saturated rings. The molecule has 0 N–H and O–H groups in total. The van der Waals surface area contributed by atoms with Crippen LogP contribution in [0.2, 0.25) is 5.02 Å². The van der Waals surface area contributed by atoms with Gasteiger partial charge in [-0.15, -0.1) is 11.3 Å². The number of thiophene rings is 1. The fourth-order valence-corrected chi connectivity index (χ4v) is 3.29. The largest absolute Gasteiger partial charge is 0.288 e. The van der Waals surface area contributed by atoms with Crippen LogP contribution in [0.5, 0.6) is 0 Å². The Bertz CT molecular complexity index is 553. The first-order valence-electron chi connectivity index (χ1n) is 4.32. The molecule has 0 bridgehead atoms. The Morgan fingerprint density at radius 1 is 1.38 bits per heavy atom. The van der Waals surface area contributed by atoms with Crippen LogP contribution in [0.25, 0.3) is 0 Å². The fraction of sp³-hybridized carbons (Fsp3) is 0. The first kappa shape index (κ1) is 12.5. The van der Waals surface area contributed by atoms with E-state index in [9.17, 15) is 4.79 Å². The second kappa shape index (κ2) is 5.16. The highest BCUT2D eigenvalue weighted by molar-refractivity contribution is 14.1. The summed E-state index contributed by atoms with van der Waals surface area (Å²) in [6.07, 6.45) is 0. The first-order valence-corrected chi connectivity index (χ1v) is 7.45. The quantitative estimate of drug-likeness (QED) is 0.487. The van der Waals surface area contributed by atoms with Crippen molar-refractivity contribution in [3.8, 4) is 0 Å². The Labute approximate surface area is 124 Å². The van der Waals surface area contributed by atoms with Gasteiger partial charge in [-0.25, -0.2) is 0 Å². The van der Waals surface area contributed by atoms with Crippen molar-refractivity contribution in [3.63, 3.8) is 0 Å². The molecule has 0 spiro atoms. The average Bonchev–Trinajstić information content (AvgIpc) is 2.67. The predicted molar refractivity (Wildman–Crippen MR) is 79.6 cm³/mol. The summed E-state index contributed by atoms with van der Waals surface area (Å²) in [4.78, 5) is 12.8. The highest BCUT2D eigenvalue weighted by Gasteiger charge is 2.17. The van der Waals surface area contributed by atoms with Crippen LogP contribution >= 0.6 is 61.5 Å². The van der Waals surface area contributed by atoms with Crippen molar-refractivity contribution in [3.05, 3.63) is 53.2 Å². The molecule has 0 unspecified atom stereocenters. The molecule has 82 valence electrons. The zero-order chi connectivity index (χ0) is 11.7.